The zero-order valence-corrected chi connectivity index (χ0v) is 68.1. The topological polar surface area (TPSA) is 218 Å². The van der Waals surface area contributed by atoms with Gasteiger partial charge in [0.05, 0.1) is 46.6 Å². The van der Waals surface area contributed by atoms with Crippen LogP contribution in [0.25, 0.3) is 12.2 Å². The van der Waals surface area contributed by atoms with E-state index < -0.39 is 0 Å². The minimum atomic E-state index is -0.123. The van der Waals surface area contributed by atoms with Gasteiger partial charge in [-0.3, -0.25) is 28.9 Å². The van der Waals surface area contributed by atoms with Crippen molar-refractivity contribution in [2.24, 2.45) is 0 Å². The van der Waals surface area contributed by atoms with Crippen LogP contribution in [0.2, 0.25) is 0 Å². The lowest BCUT2D eigenvalue weighted by molar-refractivity contribution is -0.126. The van der Waals surface area contributed by atoms with Gasteiger partial charge in [0.1, 0.15) is 40.4 Å². The van der Waals surface area contributed by atoms with Crippen LogP contribution in [-0.4, -0.2) is 134 Å². The minimum Gasteiger partial charge on any atom is -0.497 e. The number of aromatic nitrogens is 2. The summed E-state index contributed by atoms with van der Waals surface area (Å²) in [5.41, 5.74) is 13.5. The van der Waals surface area contributed by atoms with Gasteiger partial charge in [-0.05, 0) is 140 Å². The first-order chi connectivity index (χ1) is 51.4. The van der Waals surface area contributed by atoms with Gasteiger partial charge in [0.2, 0.25) is 29.5 Å². The number of benzene rings is 5. The van der Waals surface area contributed by atoms with Gasteiger partial charge in [0.15, 0.2) is 0 Å². The highest BCUT2D eigenvalue weighted by Gasteiger charge is 2.23. The molecule has 0 radical (unpaired) electrons. The highest BCUT2D eigenvalue weighted by Crippen LogP contribution is 2.35. The Morgan fingerprint density at radius 1 is 0.537 bits per heavy atom. The number of hydrogen-bond donors (Lipinski definition) is 4. The molecule has 0 atom stereocenters. The number of nitrogens with zero attached hydrogens (tertiary/aromatic N) is 6. The number of para-hydroxylation sites is 4. The Kier molecular flexibility index (Phi) is 39.4. The summed E-state index contributed by atoms with van der Waals surface area (Å²) in [5.74, 6) is 6.61. The number of methoxy groups -OCH3 is 1. The molecule has 0 unspecified atom stereocenters. The Labute approximate surface area is 649 Å². The molecule has 20 nitrogen and oxygen atoms in total. The summed E-state index contributed by atoms with van der Waals surface area (Å²) in [6.07, 6.45) is 11.2. The third kappa shape index (κ3) is 27.7. The zero-order valence-electron chi connectivity index (χ0n) is 67.3. The summed E-state index contributed by atoms with van der Waals surface area (Å²) < 4.78 is 28.6. The molecule has 0 bridgehead atoms. The van der Waals surface area contributed by atoms with Crippen LogP contribution in [0.1, 0.15) is 193 Å². The lowest BCUT2D eigenvalue weighted by Gasteiger charge is -2.21. The lowest BCUT2D eigenvalue weighted by Crippen LogP contribution is -2.29. The second kappa shape index (κ2) is 47.1. The van der Waals surface area contributed by atoms with Gasteiger partial charge in [-0.2, -0.15) is 0 Å². The number of amides is 5. The zero-order chi connectivity index (χ0) is 78.7. The van der Waals surface area contributed by atoms with Crippen LogP contribution in [-0.2, 0) is 69.8 Å². The number of rotatable bonds is 28. The summed E-state index contributed by atoms with van der Waals surface area (Å²) in [7, 11) is 8.92. The predicted molar refractivity (Wildman–Crippen MR) is 440 cm³/mol. The molecule has 0 fully saturated rings. The van der Waals surface area contributed by atoms with E-state index in [1.165, 1.54) is 22.8 Å². The quantitative estimate of drug-likeness (QED) is 0.0335. The van der Waals surface area contributed by atoms with E-state index in [1.54, 1.807) is 79.7 Å². The predicted octanol–water partition coefficient (Wildman–Crippen LogP) is 16.3. The van der Waals surface area contributed by atoms with E-state index in [0.29, 0.717) is 94.4 Å². The van der Waals surface area contributed by atoms with E-state index in [4.69, 9.17) is 23.7 Å². The van der Waals surface area contributed by atoms with Crippen molar-refractivity contribution < 1.29 is 47.7 Å². The van der Waals surface area contributed by atoms with Crippen molar-refractivity contribution in [1.82, 2.24) is 40.2 Å². The van der Waals surface area contributed by atoms with E-state index in [-0.39, 0.29) is 55.0 Å². The second-order valence-electron chi connectivity index (χ2n) is 26.9. The largest absolute Gasteiger partial charge is 0.497 e. The Morgan fingerprint density at radius 3 is 1.31 bits per heavy atom. The molecule has 9 rings (SSSR count). The van der Waals surface area contributed by atoms with Crippen molar-refractivity contribution >= 4 is 65.7 Å². The van der Waals surface area contributed by atoms with Crippen molar-refractivity contribution in [2.45, 2.75) is 166 Å². The highest BCUT2D eigenvalue weighted by atomic mass is 35.5. The van der Waals surface area contributed by atoms with E-state index in [1.807, 2.05) is 121 Å². The molecule has 7 aromatic rings. The molecule has 0 saturated heterocycles. The van der Waals surface area contributed by atoms with Crippen LogP contribution in [0.3, 0.4) is 0 Å². The van der Waals surface area contributed by atoms with Gasteiger partial charge in [0.25, 0.3) is 0 Å². The molecule has 0 aliphatic carbocycles. The van der Waals surface area contributed by atoms with Crippen LogP contribution in [0.15, 0.2) is 146 Å². The van der Waals surface area contributed by atoms with Crippen molar-refractivity contribution in [1.29, 1.82) is 0 Å². The maximum Gasteiger partial charge on any atom is 0.246 e. The van der Waals surface area contributed by atoms with Crippen molar-refractivity contribution in [2.75, 3.05) is 85.5 Å². The normalized spacial score (nSPS) is 12.3. The molecule has 21 heteroatoms. The number of carbonyl (C=O) groups is 5. The third-order valence-electron chi connectivity index (χ3n) is 17.3. The minimum absolute atomic E-state index is 0. The fraction of sp³-hybridized carbons (Fsp3) is 0.414. The average molecular weight is 1500 g/mol. The number of anilines is 2. The third-order valence-corrected chi connectivity index (χ3v) is 17.3. The molecule has 108 heavy (non-hydrogen) atoms. The molecule has 0 spiro atoms. The Bertz CT molecular complexity index is 4080. The van der Waals surface area contributed by atoms with E-state index in [9.17, 15) is 24.0 Å². The Balaban J connectivity index is 0.000000321. The molecule has 2 aliphatic heterocycles. The van der Waals surface area contributed by atoms with Crippen LogP contribution in [0.5, 0.6) is 28.7 Å². The van der Waals surface area contributed by atoms with E-state index in [2.05, 4.69) is 135 Å². The molecule has 5 amide bonds. The van der Waals surface area contributed by atoms with Gasteiger partial charge in [0, 0.05) is 125 Å². The molecule has 2 aliphatic rings. The average Bonchev–Trinajstić information content (AvgIpc) is 1.78. The number of pyridine rings is 2. The van der Waals surface area contributed by atoms with Gasteiger partial charge in [-0.1, -0.05) is 161 Å². The first kappa shape index (κ1) is 90.5. The number of ether oxygens (including phenoxy) is 5. The lowest BCUT2D eigenvalue weighted by atomic mass is 9.99. The van der Waals surface area contributed by atoms with Gasteiger partial charge >= 0.3 is 0 Å². The van der Waals surface area contributed by atoms with Crippen molar-refractivity contribution in [3.63, 3.8) is 0 Å². The fourth-order valence-corrected chi connectivity index (χ4v) is 11.9. The SMILES string of the molecule is C=CC(=O)N(C)Cc1cccc(C(C)C)c1OCC.CC.CCOc1c(CN(C)C(=O)/C=C/c2cnc3c(c2)CN(Cc2ccc(OC)cc2)CC(=O)N3)cccc1C(C)C.CCOc1c(CN(C)C(=O)/C=C/c2cnc3c(c2)CNCC(=O)N3)cccc1C(C)C.CCOc1c(CNC)cccc1C(C)C.Cl. The summed E-state index contributed by atoms with van der Waals surface area (Å²) >= 11 is 0. The van der Waals surface area contributed by atoms with E-state index in [0.717, 1.165) is 97.5 Å². The first-order valence-corrected chi connectivity index (χ1v) is 37.4. The molecule has 2 aromatic heterocycles. The Hall–Kier alpha value is -9.86. The summed E-state index contributed by atoms with van der Waals surface area (Å²) in [5, 5.41) is 11.9. The van der Waals surface area contributed by atoms with Gasteiger partial charge in [-0.15, -0.1) is 12.4 Å². The monoisotopic (exact) mass is 1500 g/mol. The Morgan fingerprint density at radius 2 is 0.917 bits per heavy atom. The molecule has 0 saturated carbocycles. The first-order valence-electron chi connectivity index (χ1n) is 37.4. The molecule has 5 aromatic carbocycles. The van der Waals surface area contributed by atoms with Crippen LogP contribution in [0.4, 0.5) is 11.6 Å². The number of fused-ring (bicyclic) bond motifs is 2. The van der Waals surface area contributed by atoms with Crippen LogP contribution < -0.4 is 45.0 Å². The second-order valence-corrected chi connectivity index (χ2v) is 26.9. The van der Waals surface area contributed by atoms with Crippen LogP contribution in [0, 0.1) is 0 Å². The number of halogens is 1. The van der Waals surface area contributed by atoms with E-state index >= 15 is 0 Å². The summed E-state index contributed by atoms with van der Waals surface area (Å²) in [4.78, 5) is 77.2. The number of hydrogen-bond acceptors (Lipinski definition) is 15. The number of carbonyl (C=O) groups excluding carboxylic acids is 5. The highest BCUT2D eigenvalue weighted by molar-refractivity contribution is 5.95. The van der Waals surface area contributed by atoms with Gasteiger partial charge in [-0.25, -0.2) is 9.97 Å². The maximum atomic E-state index is 13.0. The summed E-state index contributed by atoms with van der Waals surface area (Å²) in [6.45, 7) is 39.6. The van der Waals surface area contributed by atoms with Gasteiger partial charge < -0.3 is 59.7 Å². The molecule has 4 N–H and O–H groups in total. The molecule has 4 heterocycles. The van der Waals surface area contributed by atoms with Crippen LogP contribution >= 0.6 is 12.4 Å². The molecular formula is C87H119ClN10O10. The maximum absolute atomic E-state index is 13.0. The molecular weight excluding hydrogens is 1380 g/mol. The smallest absolute Gasteiger partial charge is 0.246 e. The van der Waals surface area contributed by atoms with Crippen molar-refractivity contribution in [3.8, 4) is 28.7 Å². The number of nitrogens with one attached hydrogen (secondary N) is 4. The number of likely N-dealkylation sites (N-methyl/N-ethyl adjacent to an activating group) is 3. The van der Waals surface area contributed by atoms with Crippen molar-refractivity contribution in [3.05, 3.63) is 219 Å². The molecule has 584 valence electrons. The standard InChI is InChI=1S/C32H38N4O4.C24H30N4O3.C16H23NO2.C13H21NO.C2H6.ClH/c1-6-40-31-25(8-7-9-28(31)22(2)3)19-35(4)30(38)15-12-24-16-26-20-36(21-29(37)34-32(26)33-17-24)18-23-10-13-27(39-5)14-11-23;1-5-31-23-18(7-6-8-20(23)16(2)3)15-28(4)22(30)10-9-17-11-19-13-25-14-21(29)27-24(19)26-12-17;1-6-15(18)17(5)11-13-9-8-10-14(12(3)4)16(13)19-7-2;1-5-15-13-11(9-14-4)7-6-8-12(13)10(2)3;1-2;/h7-17,22H,6,18-21H2,1-5H3,(H,33,34,37);6-12,16,25H,5,13-15H2,1-4H3,(H,26,27,29);6,8-10,12H,1,7,11H2,2-5H3;6-8,10,14H,5,9H2,1-4H3;1-2H3;1H/b15-12+;10-9+;;;;. The fourth-order valence-electron chi connectivity index (χ4n) is 11.9. The summed E-state index contributed by atoms with van der Waals surface area (Å²) in [6, 6.07) is 36.4.